The van der Waals surface area contributed by atoms with E-state index in [1.807, 2.05) is 7.05 Å². The maximum atomic E-state index is 4.56. The zero-order chi connectivity index (χ0) is 16.2. The standard InChI is InChI=1S/C19H36N4/c1-4-16(5-2)17-9-11-23(14-17)19(20-3)21-12-15-8-10-22(13-15)18-6-7-18/h15-18H,4-14H2,1-3H3,(H,20,21). The molecule has 0 aromatic heterocycles. The van der Waals surface area contributed by atoms with Gasteiger partial charge < -0.3 is 15.1 Å². The fourth-order valence-electron chi connectivity index (χ4n) is 4.69. The fourth-order valence-corrected chi connectivity index (χ4v) is 4.69. The van der Waals surface area contributed by atoms with Crippen LogP contribution in [0, 0.1) is 17.8 Å². The van der Waals surface area contributed by atoms with E-state index in [1.165, 1.54) is 64.7 Å². The van der Waals surface area contributed by atoms with Gasteiger partial charge in [0.05, 0.1) is 0 Å². The van der Waals surface area contributed by atoms with Crippen LogP contribution in [0.1, 0.15) is 52.4 Å². The van der Waals surface area contributed by atoms with Gasteiger partial charge in [0.2, 0.25) is 0 Å². The van der Waals surface area contributed by atoms with Crippen molar-refractivity contribution >= 4 is 5.96 Å². The predicted octanol–water partition coefficient (Wildman–Crippen LogP) is 2.80. The van der Waals surface area contributed by atoms with Crippen LogP contribution in [-0.2, 0) is 0 Å². The highest BCUT2D eigenvalue weighted by Gasteiger charge is 2.34. The first-order valence-electron chi connectivity index (χ1n) is 9.94. The van der Waals surface area contributed by atoms with E-state index in [0.717, 1.165) is 36.3 Å². The summed E-state index contributed by atoms with van der Waals surface area (Å²) < 4.78 is 0. The van der Waals surface area contributed by atoms with Crippen molar-refractivity contribution in [3.8, 4) is 0 Å². The molecular formula is C19H36N4. The zero-order valence-electron chi connectivity index (χ0n) is 15.4. The first kappa shape index (κ1) is 17.1. The van der Waals surface area contributed by atoms with Gasteiger partial charge in [-0.15, -0.1) is 0 Å². The second-order valence-electron chi connectivity index (χ2n) is 7.88. The lowest BCUT2D eigenvalue weighted by Gasteiger charge is -2.25. The smallest absolute Gasteiger partial charge is 0.193 e. The average Bonchev–Trinajstić information content (AvgIpc) is 3.12. The van der Waals surface area contributed by atoms with E-state index in [-0.39, 0.29) is 0 Å². The minimum Gasteiger partial charge on any atom is -0.356 e. The lowest BCUT2D eigenvalue weighted by atomic mass is 9.87. The van der Waals surface area contributed by atoms with Gasteiger partial charge in [-0.05, 0) is 50.0 Å². The molecule has 4 heteroatoms. The molecule has 0 radical (unpaired) electrons. The van der Waals surface area contributed by atoms with E-state index in [9.17, 15) is 0 Å². The molecule has 2 atom stereocenters. The van der Waals surface area contributed by atoms with Crippen LogP contribution < -0.4 is 5.32 Å². The molecule has 3 fully saturated rings. The molecule has 0 aromatic carbocycles. The SMILES string of the molecule is CCC(CC)C1CCN(C(=NC)NCC2CCN(C3CC3)C2)C1. The van der Waals surface area contributed by atoms with E-state index in [1.54, 1.807) is 0 Å². The first-order valence-corrected chi connectivity index (χ1v) is 9.94. The van der Waals surface area contributed by atoms with Crippen LogP contribution in [0.2, 0.25) is 0 Å². The van der Waals surface area contributed by atoms with Crippen LogP contribution in [0.4, 0.5) is 0 Å². The quantitative estimate of drug-likeness (QED) is 0.603. The van der Waals surface area contributed by atoms with E-state index in [4.69, 9.17) is 0 Å². The Hall–Kier alpha value is -0.770. The van der Waals surface area contributed by atoms with Crippen molar-refractivity contribution in [2.24, 2.45) is 22.7 Å². The third-order valence-corrected chi connectivity index (χ3v) is 6.38. The van der Waals surface area contributed by atoms with Gasteiger partial charge in [0.25, 0.3) is 0 Å². The number of nitrogens with one attached hydrogen (secondary N) is 1. The van der Waals surface area contributed by atoms with Crippen LogP contribution in [0.25, 0.3) is 0 Å². The summed E-state index contributed by atoms with van der Waals surface area (Å²) in [6.45, 7) is 10.8. The summed E-state index contributed by atoms with van der Waals surface area (Å²) in [5.41, 5.74) is 0. The normalized spacial score (nSPS) is 29.7. The maximum Gasteiger partial charge on any atom is 0.193 e. The Labute approximate surface area is 142 Å². The van der Waals surface area contributed by atoms with Crippen molar-refractivity contribution in [3.05, 3.63) is 0 Å². The summed E-state index contributed by atoms with van der Waals surface area (Å²) >= 11 is 0. The minimum absolute atomic E-state index is 0.810. The molecule has 0 amide bonds. The monoisotopic (exact) mass is 320 g/mol. The van der Waals surface area contributed by atoms with Gasteiger partial charge in [-0.1, -0.05) is 26.7 Å². The maximum absolute atomic E-state index is 4.56. The second-order valence-corrected chi connectivity index (χ2v) is 7.88. The second kappa shape index (κ2) is 7.87. The molecule has 2 unspecified atom stereocenters. The molecule has 1 N–H and O–H groups in total. The largest absolute Gasteiger partial charge is 0.356 e. The van der Waals surface area contributed by atoms with Crippen molar-refractivity contribution in [2.45, 2.75) is 58.4 Å². The van der Waals surface area contributed by atoms with Crippen molar-refractivity contribution < 1.29 is 0 Å². The molecule has 3 rings (SSSR count). The van der Waals surface area contributed by atoms with Gasteiger partial charge in [-0.25, -0.2) is 0 Å². The first-order chi connectivity index (χ1) is 11.2. The summed E-state index contributed by atoms with van der Waals surface area (Å²) in [5, 5.41) is 3.68. The minimum atomic E-state index is 0.810. The summed E-state index contributed by atoms with van der Waals surface area (Å²) in [6.07, 6.45) is 8.21. The molecule has 1 saturated carbocycles. The Morgan fingerprint density at radius 1 is 1.09 bits per heavy atom. The highest BCUT2D eigenvalue weighted by Crippen LogP contribution is 2.32. The summed E-state index contributed by atoms with van der Waals surface area (Å²) in [7, 11) is 1.94. The fraction of sp³-hybridized carbons (Fsp3) is 0.947. The van der Waals surface area contributed by atoms with Gasteiger partial charge >= 0.3 is 0 Å². The van der Waals surface area contributed by atoms with E-state index < -0.39 is 0 Å². The molecule has 23 heavy (non-hydrogen) atoms. The molecule has 0 bridgehead atoms. The highest BCUT2D eigenvalue weighted by molar-refractivity contribution is 5.80. The Morgan fingerprint density at radius 2 is 1.87 bits per heavy atom. The summed E-state index contributed by atoms with van der Waals surface area (Å²) in [4.78, 5) is 9.76. The van der Waals surface area contributed by atoms with Gasteiger partial charge in [0, 0.05) is 39.3 Å². The van der Waals surface area contributed by atoms with Crippen LogP contribution in [0.15, 0.2) is 4.99 Å². The molecule has 2 aliphatic heterocycles. The molecule has 4 nitrogen and oxygen atoms in total. The molecule has 0 spiro atoms. The Kier molecular flexibility index (Phi) is 5.84. The van der Waals surface area contributed by atoms with E-state index in [0.29, 0.717) is 0 Å². The predicted molar refractivity (Wildman–Crippen MR) is 97.8 cm³/mol. The Bertz CT molecular complexity index is 400. The summed E-state index contributed by atoms with van der Waals surface area (Å²) in [6, 6.07) is 0.929. The molecule has 0 aromatic rings. The van der Waals surface area contributed by atoms with Crippen LogP contribution in [-0.4, -0.2) is 61.6 Å². The molecule has 132 valence electrons. The molecular weight excluding hydrogens is 284 g/mol. The third-order valence-electron chi connectivity index (χ3n) is 6.38. The summed E-state index contributed by atoms with van der Waals surface area (Å²) in [5.74, 6) is 3.70. The van der Waals surface area contributed by atoms with Crippen molar-refractivity contribution in [2.75, 3.05) is 39.8 Å². The Morgan fingerprint density at radius 3 is 2.52 bits per heavy atom. The number of nitrogens with zero attached hydrogens (tertiary/aromatic N) is 3. The number of hydrogen-bond donors (Lipinski definition) is 1. The van der Waals surface area contributed by atoms with Crippen molar-refractivity contribution in [1.82, 2.24) is 15.1 Å². The number of hydrogen-bond acceptors (Lipinski definition) is 2. The molecule has 2 heterocycles. The number of guanidine groups is 1. The van der Waals surface area contributed by atoms with Gasteiger partial charge in [-0.2, -0.15) is 0 Å². The van der Waals surface area contributed by atoms with Crippen LogP contribution in [0.5, 0.6) is 0 Å². The Balaban J connectivity index is 1.43. The van der Waals surface area contributed by atoms with Crippen LogP contribution >= 0.6 is 0 Å². The zero-order valence-corrected chi connectivity index (χ0v) is 15.4. The number of likely N-dealkylation sites (tertiary alicyclic amines) is 2. The van der Waals surface area contributed by atoms with Crippen LogP contribution in [0.3, 0.4) is 0 Å². The third kappa shape index (κ3) is 4.20. The van der Waals surface area contributed by atoms with Gasteiger partial charge in [-0.3, -0.25) is 4.99 Å². The topological polar surface area (TPSA) is 30.9 Å². The van der Waals surface area contributed by atoms with Gasteiger partial charge in [0.15, 0.2) is 5.96 Å². The molecule has 3 aliphatic rings. The highest BCUT2D eigenvalue weighted by atomic mass is 15.3. The van der Waals surface area contributed by atoms with Crippen molar-refractivity contribution in [1.29, 1.82) is 0 Å². The lowest BCUT2D eigenvalue weighted by molar-refractivity contribution is 0.311. The van der Waals surface area contributed by atoms with Crippen molar-refractivity contribution in [3.63, 3.8) is 0 Å². The average molecular weight is 321 g/mol. The lowest BCUT2D eigenvalue weighted by Crippen LogP contribution is -2.42. The van der Waals surface area contributed by atoms with E-state index >= 15 is 0 Å². The number of aliphatic imine (C=N–C) groups is 1. The van der Waals surface area contributed by atoms with Gasteiger partial charge in [0.1, 0.15) is 0 Å². The molecule has 1 aliphatic carbocycles. The number of rotatable bonds is 6. The van der Waals surface area contributed by atoms with E-state index in [2.05, 4.69) is 34.0 Å². The molecule has 2 saturated heterocycles.